The summed E-state index contributed by atoms with van der Waals surface area (Å²) in [6, 6.07) is 6.93. The topological polar surface area (TPSA) is 87.2 Å². The van der Waals surface area contributed by atoms with Crippen LogP contribution in [0, 0.1) is 11.7 Å². The number of benzene rings is 1. The third-order valence-corrected chi connectivity index (χ3v) is 5.70. The average Bonchev–Trinajstić information content (AvgIpc) is 3.25. The fourth-order valence-corrected chi connectivity index (χ4v) is 4.02. The van der Waals surface area contributed by atoms with Crippen molar-refractivity contribution < 1.29 is 19.0 Å². The summed E-state index contributed by atoms with van der Waals surface area (Å²) in [4.78, 5) is 21.1. The summed E-state index contributed by atoms with van der Waals surface area (Å²) in [5, 5.41) is 14.2. The van der Waals surface area contributed by atoms with E-state index in [4.69, 9.17) is 9.84 Å². The molecule has 1 aliphatic rings. The van der Waals surface area contributed by atoms with Crippen molar-refractivity contribution in [1.82, 2.24) is 9.97 Å². The van der Waals surface area contributed by atoms with Gasteiger partial charge in [-0.2, -0.15) is 0 Å². The van der Waals surface area contributed by atoms with Crippen molar-refractivity contribution in [3.05, 3.63) is 76.4 Å². The number of aromatic nitrogens is 2. The van der Waals surface area contributed by atoms with E-state index in [1.807, 2.05) is 0 Å². The van der Waals surface area contributed by atoms with Gasteiger partial charge in [-0.15, -0.1) is 0 Å². The summed E-state index contributed by atoms with van der Waals surface area (Å²) in [7, 11) is 1.55. The van der Waals surface area contributed by atoms with Gasteiger partial charge in [-0.25, -0.2) is 4.39 Å². The van der Waals surface area contributed by atoms with E-state index in [0.717, 1.165) is 29.8 Å². The molecule has 2 aromatic heterocycles. The number of pyridine rings is 1. The highest BCUT2D eigenvalue weighted by atomic mass is 19.1. The maximum absolute atomic E-state index is 13.7. The molecule has 0 spiro atoms. The maximum Gasteiger partial charge on any atom is 0.191 e. The van der Waals surface area contributed by atoms with E-state index in [1.165, 1.54) is 12.1 Å². The van der Waals surface area contributed by atoms with E-state index in [2.05, 4.69) is 27.4 Å². The minimum atomic E-state index is -0.740. The monoisotopic (exact) mass is 435 g/mol. The standard InChI is InChI=1S/C25H26FN3O3/c1-32-20-12-19(13-27-14-20)29-24(17-5-7-18(26)8-6-17)25(31)22-15-28-23-9-4-16(3-2-10-30)11-21(22)23/h5-9,11-16,24,28-30H,2-4,10H2,1H3. The average molecular weight is 435 g/mol. The molecule has 32 heavy (non-hydrogen) atoms. The second kappa shape index (κ2) is 9.78. The van der Waals surface area contributed by atoms with Crippen molar-refractivity contribution >= 4 is 23.6 Å². The van der Waals surface area contributed by atoms with Crippen LogP contribution in [-0.2, 0) is 0 Å². The highest BCUT2D eigenvalue weighted by molar-refractivity contribution is 6.02. The van der Waals surface area contributed by atoms with Crippen LogP contribution in [0.15, 0.2) is 48.9 Å². The van der Waals surface area contributed by atoms with Gasteiger partial charge in [0, 0.05) is 35.0 Å². The zero-order chi connectivity index (χ0) is 22.5. The van der Waals surface area contributed by atoms with Crippen molar-refractivity contribution in [1.29, 1.82) is 0 Å². The summed E-state index contributed by atoms with van der Waals surface area (Å²) in [6.45, 7) is 0.154. The number of nitrogens with zero attached hydrogens (tertiary/aromatic N) is 1. The molecule has 2 heterocycles. The zero-order valence-corrected chi connectivity index (χ0v) is 17.8. The molecule has 4 rings (SSSR count). The molecular weight excluding hydrogens is 409 g/mol. The second-order valence-electron chi connectivity index (χ2n) is 7.87. The fraction of sp³-hybridized carbons (Fsp3) is 0.280. The van der Waals surface area contributed by atoms with Crippen LogP contribution in [0.5, 0.6) is 5.75 Å². The Labute approximate surface area is 185 Å². The summed E-state index contributed by atoms with van der Waals surface area (Å²) >= 11 is 0. The van der Waals surface area contributed by atoms with Gasteiger partial charge in [0.1, 0.15) is 17.6 Å². The number of H-pyrrole nitrogens is 1. The van der Waals surface area contributed by atoms with Crippen molar-refractivity contribution in [2.24, 2.45) is 5.92 Å². The summed E-state index contributed by atoms with van der Waals surface area (Å²) in [6.07, 6.45) is 11.6. The molecule has 7 heteroatoms. The number of Topliss-reactive ketones (excluding diaryl/α,β-unsaturated/α-hetero) is 1. The number of aliphatic hydroxyl groups excluding tert-OH is 1. The minimum Gasteiger partial charge on any atom is -0.495 e. The summed E-state index contributed by atoms with van der Waals surface area (Å²) < 4.78 is 18.8. The molecule has 0 fully saturated rings. The first-order chi connectivity index (χ1) is 15.6. The van der Waals surface area contributed by atoms with Gasteiger partial charge in [0.15, 0.2) is 5.78 Å². The molecule has 0 saturated heterocycles. The molecule has 0 aliphatic heterocycles. The Morgan fingerprint density at radius 3 is 2.91 bits per heavy atom. The molecule has 1 aliphatic carbocycles. The number of ether oxygens (including phenoxy) is 1. The van der Waals surface area contributed by atoms with E-state index < -0.39 is 6.04 Å². The van der Waals surface area contributed by atoms with Crippen LogP contribution in [0.3, 0.4) is 0 Å². The Morgan fingerprint density at radius 1 is 1.34 bits per heavy atom. The van der Waals surface area contributed by atoms with Gasteiger partial charge in [-0.05, 0) is 42.9 Å². The first-order valence-corrected chi connectivity index (χ1v) is 10.6. The number of ketones is 1. The largest absolute Gasteiger partial charge is 0.495 e. The minimum absolute atomic E-state index is 0.135. The molecule has 2 atom stereocenters. The molecular formula is C25H26FN3O3. The third-order valence-electron chi connectivity index (χ3n) is 5.70. The zero-order valence-electron chi connectivity index (χ0n) is 17.8. The van der Waals surface area contributed by atoms with Crippen LogP contribution in [0.25, 0.3) is 12.2 Å². The first kappa shape index (κ1) is 21.8. The maximum atomic E-state index is 13.7. The van der Waals surface area contributed by atoms with Crippen LogP contribution in [0.4, 0.5) is 10.1 Å². The van der Waals surface area contributed by atoms with Gasteiger partial charge in [-0.1, -0.05) is 24.3 Å². The number of carbonyl (C=O) groups is 1. The second-order valence-corrected chi connectivity index (χ2v) is 7.87. The molecule has 0 bridgehead atoms. The Hall–Kier alpha value is -3.45. The molecule has 0 saturated carbocycles. The quantitative estimate of drug-likeness (QED) is 0.450. The Morgan fingerprint density at radius 2 is 2.16 bits per heavy atom. The van der Waals surface area contributed by atoms with Crippen LogP contribution >= 0.6 is 0 Å². The number of fused-ring (bicyclic) bond motifs is 1. The molecule has 0 radical (unpaired) electrons. The number of carbonyl (C=O) groups excluding carboxylic acids is 1. The van der Waals surface area contributed by atoms with Gasteiger partial charge in [0.25, 0.3) is 0 Å². The number of halogens is 1. The Bertz CT molecular complexity index is 1200. The number of methoxy groups -OCH3 is 1. The first-order valence-electron chi connectivity index (χ1n) is 10.6. The van der Waals surface area contributed by atoms with E-state index in [9.17, 15) is 9.18 Å². The molecule has 6 nitrogen and oxygen atoms in total. The van der Waals surface area contributed by atoms with Crippen molar-refractivity contribution in [3.8, 4) is 5.75 Å². The van der Waals surface area contributed by atoms with E-state index >= 15 is 0 Å². The number of hydrogen-bond acceptors (Lipinski definition) is 5. The van der Waals surface area contributed by atoms with Crippen LogP contribution in [0.2, 0.25) is 0 Å². The third kappa shape index (κ3) is 4.73. The fourth-order valence-electron chi connectivity index (χ4n) is 4.02. The predicted octanol–water partition coefficient (Wildman–Crippen LogP) is 2.95. The molecule has 0 amide bonds. The lowest BCUT2D eigenvalue weighted by Gasteiger charge is -2.20. The number of aliphatic hydroxyl groups is 1. The van der Waals surface area contributed by atoms with Gasteiger partial charge in [0.05, 0.1) is 25.2 Å². The number of nitrogens with one attached hydrogen (secondary N) is 2. The Balaban J connectivity index is 1.72. The number of rotatable bonds is 9. The predicted molar refractivity (Wildman–Crippen MR) is 121 cm³/mol. The number of anilines is 1. The molecule has 2 unspecified atom stereocenters. The van der Waals surface area contributed by atoms with Crippen LogP contribution in [-0.4, -0.2) is 34.6 Å². The normalized spacial score (nSPS) is 15.8. The SMILES string of the molecule is COc1cncc(NC(C(=O)c2c[nH]c3c2=CC(CCCO)CC=3)c2ccc(F)cc2)c1. The van der Waals surface area contributed by atoms with Gasteiger partial charge < -0.3 is 20.1 Å². The lowest BCUT2D eigenvalue weighted by atomic mass is 9.92. The van der Waals surface area contributed by atoms with Gasteiger partial charge in [0.2, 0.25) is 0 Å². The molecule has 166 valence electrons. The number of aromatic amines is 1. The Kier molecular flexibility index (Phi) is 6.66. The highest BCUT2D eigenvalue weighted by Crippen LogP contribution is 2.25. The lowest BCUT2D eigenvalue weighted by Crippen LogP contribution is -2.33. The van der Waals surface area contributed by atoms with E-state index in [1.54, 1.807) is 43.9 Å². The van der Waals surface area contributed by atoms with Crippen LogP contribution in [0.1, 0.15) is 41.2 Å². The summed E-state index contributed by atoms with van der Waals surface area (Å²) in [5.74, 6) is 0.340. The molecule has 1 aromatic carbocycles. The number of hydrogen-bond donors (Lipinski definition) is 3. The highest BCUT2D eigenvalue weighted by Gasteiger charge is 2.25. The summed E-state index contributed by atoms with van der Waals surface area (Å²) in [5.41, 5.74) is 1.83. The van der Waals surface area contributed by atoms with Crippen molar-refractivity contribution in [2.75, 3.05) is 19.0 Å². The van der Waals surface area contributed by atoms with E-state index in [-0.39, 0.29) is 24.1 Å². The van der Waals surface area contributed by atoms with Crippen molar-refractivity contribution in [3.63, 3.8) is 0 Å². The molecule has 3 aromatic rings. The van der Waals surface area contributed by atoms with Gasteiger partial charge in [-0.3, -0.25) is 9.78 Å². The van der Waals surface area contributed by atoms with Crippen LogP contribution < -0.4 is 20.6 Å². The molecule has 3 N–H and O–H groups in total. The van der Waals surface area contributed by atoms with E-state index in [0.29, 0.717) is 22.6 Å². The lowest BCUT2D eigenvalue weighted by molar-refractivity contribution is 0.0968. The smallest absolute Gasteiger partial charge is 0.191 e. The van der Waals surface area contributed by atoms with Gasteiger partial charge >= 0.3 is 0 Å². The van der Waals surface area contributed by atoms with Crippen molar-refractivity contribution in [2.45, 2.75) is 25.3 Å².